The zero-order valence-electron chi connectivity index (χ0n) is 18.6. The first-order chi connectivity index (χ1) is 15.0. The minimum atomic E-state index is -0.647. The van der Waals surface area contributed by atoms with Crippen LogP contribution in [0.25, 0.3) is 0 Å². The van der Waals surface area contributed by atoms with E-state index in [1.807, 2.05) is 25.1 Å². The van der Waals surface area contributed by atoms with Crippen molar-refractivity contribution in [3.05, 3.63) is 64.5 Å². The molecule has 0 unspecified atom stereocenters. The fourth-order valence-corrected chi connectivity index (χ4v) is 5.56. The number of hydrogen-bond acceptors (Lipinski definition) is 1. The minimum Gasteiger partial charge on any atom is -0.491 e. The Bertz CT molecular complexity index is 894. The van der Waals surface area contributed by atoms with Crippen LogP contribution in [0.1, 0.15) is 99.7 Å². The molecule has 31 heavy (non-hydrogen) atoms. The Morgan fingerprint density at radius 1 is 0.742 bits per heavy atom. The Labute approximate surface area is 184 Å². The van der Waals surface area contributed by atoms with Gasteiger partial charge < -0.3 is 4.74 Å². The van der Waals surface area contributed by atoms with E-state index in [4.69, 9.17) is 4.74 Å². The van der Waals surface area contributed by atoms with Crippen molar-refractivity contribution in [2.75, 3.05) is 6.61 Å². The summed E-state index contributed by atoms with van der Waals surface area (Å²) in [7, 11) is 0. The summed E-state index contributed by atoms with van der Waals surface area (Å²) < 4.78 is 49.5. The van der Waals surface area contributed by atoms with Crippen molar-refractivity contribution in [1.29, 1.82) is 0 Å². The third-order valence-electron chi connectivity index (χ3n) is 7.49. The maximum absolute atomic E-state index is 15.0. The van der Waals surface area contributed by atoms with Crippen molar-refractivity contribution in [2.24, 2.45) is 5.92 Å². The lowest BCUT2D eigenvalue weighted by Crippen LogP contribution is -2.16. The van der Waals surface area contributed by atoms with E-state index in [-0.39, 0.29) is 29.3 Å². The van der Waals surface area contributed by atoms with Gasteiger partial charge in [0.2, 0.25) is 0 Å². The third-order valence-corrected chi connectivity index (χ3v) is 7.49. The van der Waals surface area contributed by atoms with Gasteiger partial charge in [-0.1, -0.05) is 38.0 Å². The summed E-state index contributed by atoms with van der Waals surface area (Å²) in [4.78, 5) is 0. The van der Waals surface area contributed by atoms with E-state index < -0.39 is 11.6 Å². The molecule has 0 saturated heterocycles. The SMILES string of the molecule is CCOc1ccc(C2CCC(c3ccc(C4CCC(C)CC4)c(F)c3F)CC2)cc1F. The Hall–Kier alpha value is -1.97. The highest BCUT2D eigenvalue weighted by Crippen LogP contribution is 2.43. The van der Waals surface area contributed by atoms with Crippen LogP contribution in [0.2, 0.25) is 0 Å². The lowest BCUT2D eigenvalue weighted by Gasteiger charge is -2.30. The van der Waals surface area contributed by atoms with E-state index in [2.05, 4.69) is 6.92 Å². The molecule has 0 amide bonds. The van der Waals surface area contributed by atoms with E-state index in [1.54, 1.807) is 12.1 Å². The van der Waals surface area contributed by atoms with Crippen molar-refractivity contribution < 1.29 is 17.9 Å². The molecule has 2 fully saturated rings. The van der Waals surface area contributed by atoms with Crippen molar-refractivity contribution in [3.8, 4) is 5.75 Å². The first kappa shape index (κ1) is 22.2. The van der Waals surface area contributed by atoms with Crippen LogP contribution in [-0.2, 0) is 0 Å². The highest BCUT2D eigenvalue weighted by atomic mass is 19.2. The van der Waals surface area contributed by atoms with E-state index in [1.165, 1.54) is 0 Å². The second-order valence-corrected chi connectivity index (χ2v) is 9.50. The summed E-state index contributed by atoms with van der Waals surface area (Å²) in [5.41, 5.74) is 2.04. The average molecular weight is 431 g/mol. The van der Waals surface area contributed by atoms with Gasteiger partial charge in [0.05, 0.1) is 6.61 Å². The van der Waals surface area contributed by atoms with E-state index in [9.17, 15) is 8.78 Å². The lowest BCUT2D eigenvalue weighted by atomic mass is 9.75. The predicted molar refractivity (Wildman–Crippen MR) is 118 cm³/mol. The molecule has 2 aliphatic rings. The smallest absolute Gasteiger partial charge is 0.165 e. The van der Waals surface area contributed by atoms with E-state index in [0.29, 0.717) is 23.7 Å². The largest absolute Gasteiger partial charge is 0.491 e. The average Bonchev–Trinajstić information content (AvgIpc) is 2.78. The van der Waals surface area contributed by atoms with Gasteiger partial charge in [0.25, 0.3) is 0 Å². The maximum Gasteiger partial charge on any atom is 0.165 e. The van der Waals surface area contributed by atoms with E-state index >= 15 is 4.39 Å². The van der Waals surface area contributed by atoms with Crippen molar-refractivity contribution in [1.82, 2.24) is 0 Å². The van der Waals surface area contributed by atoms with Crippen molar-refractivity contribution in [3.63, 3.8) is 0 Å². The number of benzene rings is 2. The van der Waals surface area contributed by atoms with Crippen molar-refractivity contribution in [2.45, 2.75) is 83.0 Å². The quantitative estimate of drug-likeness (QED) is 0.464. The standard InChI is InChI=1S/C27H33F3O/c1-3-31-25-15-12-21(16-24(25)28)18-8-10-20(11-9-18)23-14-13-22(26(29)27(23)30)19-6-4-17(2)5-7-19/h12-20H,3-11H2,1-2H3. The molecule has 0 bridgehead atoms. The second-order valence-electron chi connectivity index (χ2n) is 9.50. The Morgan fingerprint density at radius 3 is 1.77 bits per heavy atom. The zero-order chi connectivity index (χ0) is 22.0. The van der Waals surface area contributed by atoms with Crippen LogP contribution >= 0.6 is 0 Å². The van der Waals surface area contributed by atoms with Gasteiger partial charge in [-0.3, -0.25) is 0 Å². The normalized spacial score (nSPS) is 26.6. The Kier molecular flexibility index (Phi) is 6.93. The molecule has 168 valence electrons. The van der Waals surface area contributed by atoms with Gasteiger partial charge in [0, 0.05) is 0 Å². The second kappa shape index (κ2) is 9.67. The Morgan fingerprint density at radius 2 is 1.26 bits per heavy atom. The molecule has 1 nitrogen and oxygen atoms in total. The molecule has 4 rings (SSSR count). The molecule has 2 aromatic carbocycles. The summed E-state index contributed by atoms with van der Waals surface area (Å²) in [6.45, 7) is 4.50. The zero-order valence-corrected chi connectivity index (χ0v) is 18.6. The molecule has 0 heterocycles. The third kappa shape index (κ3) is 4.78. The maximum atomic E-state index is 15.0. The molecular formula is C27H33F3O. The fourth-order valence-electron chi connectivity index (χ4n) is 5.56. The van der Waals surface area contributed by atoms with Crippen LogP contribution in [-0.4, -0.2) is 6.61 Å². The van der Waals surface area contributed by atoms with Crippen LogP contribution in [0.3, 0.4) is 0 Å². The highest BCUT2D eigenvalue weighted by Gasteiger charge is 2.29. The number of ether oxygens (including phenoxy) is 1. The number of hydrogen-bond donors (Lipinski definition) is 0. The summed E-state index contributed by atoms with van der Waals surface area (Å²) in [6.07, 6.45) is 7.34. The molecule has 0 aromatic heterocycles. The summed E-state index contributed by atoms with van der Waals surface area (Å²) in [5.74, 6) is -0.226. The summed E-state index contributed by atoms with van der Waals surface area (Å²) in [5, 5.41) is 0. The fraction of sp³-hybridized carbons (Fsp3) is 0.556. The van der Waals surface area contributed by atoms with Crippen LogP contribution in [0.15, 0.2) is 30.3 Å². The molecule has 4 heteroatoms. The summed E-state index contributed by atoms with van der Waals surface area (Å²) >= 11 is 0. The van der Waals surface area contributed by atoms with Gasteiger partial charge in [-0.2, -0.15) is 0 Å². The van der Waals surface area contributed by atoms with Crippen molar-refractivity contribution >= 4 is 0 Å². The van der Waals surface area contributed by atoms with Gasteiger partial charge in [0.15, 0.2) is 23.2 Å². The first-order valence-corrected chi connectivity index (χ1v) is 11.9. The minimum absolute atomic E-state index is 0.0266. The van der Waals surface area contributed by atoms with Gasteiger partial charge in [-0.15, -0.1) is 0 Å². The van der Waals surface area contributed by atoms with E-state index in [0.717, 1.165) is 56.9 Å². The molecular weight excluding hydrogens is 397 g/mol. The molecule has 0 radical (unpaired) electrons. The van der Waals surface area contributed by atoms with Crippen LogP contribution in [0.5, 0.6) is 5.75 Å². The van der Waals surface area contributed by atoms with Crippen LogP contribution in [0.4, 0.5) is 13.2 Å². The van der Waals surface area contributed by atoms with Crippen LogP contribution < -0.4 is 4.74 Å². The van der Waals surface area contributed by atoms with Gasteiger partial charge in [-0.25, -0.2) is 13.2 Å². The van der Waals surface area contributed by atoms with Gasteiger partial charge in [-0.05, 0) is 97.9 Å². The predicted octanol–water partition coefficient (Wildman–Crippen LogP) is 8.24. The number of halogens is 3. The molecule has 0 N–H and O–H groups in total. The highest BCUT2D eigenvalue weighted by molar-refractivity contribution is 5.34. The molecule has 0 aliphatic heterocycles. The Balaban J connectivity index is 1.43. The summed E-state index contributed by atoms with van der Waals surface area (Å²) in [6, 6.07) is 8.85. The molecule has 2 aromatic rings. The van der Waals surface area contributed by atoms with Gasteiger partial charge >= 0.3 is 0 Å². The lowest BCUT2D eigenvalue weighted by molar-refractivity contribution is 0.320. The topological polar surface area (TPSA) is 9.23 Å². The molecule has 2 saturated carbocycles. The monoisotopic (exact) mass is 430 g/mol. The first-order valence-electron chi connectivity index (χ1n) is 11.9. The van der Waals surface area contributed by atoms with Crippen LogP contribution in [0, 0.1) is 23.4 Å². The number of rotatable bonds is 5. The molecule has 0 spiro atoms. The molecule has 2 aliphatic carbocycles. The van der Waals surface area contributed by atoms with Gasteiger partial charge in [0.1, 0.15) is 0 Å². The molecule has 0 atom stereocenters.